The van der Waals surface area contributed by atoms with E-state index in [9.17, 15) is 5.26 Å². The summed E-state index contributed by atoms with van der Waals surface area (Å²) in [5, 5.41) is 13.5. The number of amidine groups is 1. The molecule has 4 rings (SSSR count). The molecule has 1 aliphatic heterocycles. The lowest BCUT2D eigenvalue weighted by molar-refractivity contribution is 0.292. The minimum atomic E-state index is -0.580. The Hall–Kier alpha value is -4.22. The van der Waals surface area contributed by atoms with Crippen molar-refractivity contribution in [2.24, 2.45) is 10.9 Å². The maximum absolute atomic E-state index is 10.2. The van der Waals surface area contributed by atoms with Crippen molar-refractivity contribution in [2.45, 2.75) is 44.9 Å². The summed E-state index contributed by atoms with van der Waals surface area (Å²) in [5.74, 6) is 4.11. The van der Waals surface area contributed by atoms with Gasteiger partial charge in [0.25, 0.3) is 0 Å². The van der Waals surface area contributed by atoms with Crippen LogP contribution in [-0.2, 0) is 18.3 Å². The van der Waals surface area contributed by atoms with Crippen LogP contribution >= 0.6 is 0 Å². The van der Waals surface area contributed by atoms with Crippen LogP contribution in [0.25, 0.3) is 0 Å². The van der Waals surface area contributed by atoms with Crippen molar-refractivity contribution in [1.29, 1.82) is 5.26 Å². The van der Waals surface area contributed by atoms with E-state index in [0.29, 0.717) is 11.5 Å². The van der Waals surface area contributed by atoms with Gasteiger partial charge in [-0.25, -0.2) is 0 Å². The fraction of sp³-hybridized carbons (Fsp3) is 0.459. The molecular formula is C37H50N4O4. The van der Waals surface area contributed by atoms with E-state index in [1.807, 2.05) is 36.4 Å². The third-order valence-corrected chi connectivity index (χ3v) is 8.38. The van der Waals surface area contributed by atoms with Crippen LogP contribution in [0.4, 0.5) is 0 Å². The first kappa shape index (κ1) is 35.3. The molecule has 0 saturated heterocycles. The number of nitrogens with one attached hydrogen (secondary N) is 1. The summed E-state index contributed by atoms with van der Waals surface area (Å²) in [4.78, 5) is 6.65. The van der Waals surface area contributed by atoms with Crippen LogP contribution in [-0.4, -0.2) is 72.4 Å². The van der Waals surface area contributed by atoms with E-state index in [1.54, 1.807) is 28.4 Å². The molecule has 242 valence electrons. The van der Waals surface area contributed by atoms with E-state index in [0.717, 1.165) is 74.8 Å². The van der Waals surface area contributed by atoms with E-state index in [2.05, 4.69) is 72.5 Å². The third-order valence-electron chi connectivity index (χ3n) is 8.38. The van der Waals surface area contributed by atoms with Crippen molar-refractivity contribution in [3.63, 3.8) is 0 Å². The average Bonchev–Trinajstić information content (AvgIpc) is 3.59. The summed E-state index contributed by atoms with van der Waals surface area (Å²) in [6.07, 6.45) is 3.56. The van der Waals surface area contributed by atoms with Crippen LogP contribution in [0.15, 0.2) is 71.7 Å². The third kappa shape index (κ3) is 9.89. The molecular weight excluding hydrogens is 564 g/mol. The Labute approximate surface area is 270 Å². The molecule has 0 amide bonds. The van der Waals surface area contributed by atoms with Crippen LogP contribution in [0.1, 0.15) is 43.4 Å². The monoisotopic (exact) mass is 614 g/mol. The predicted molar refractivity (Wildman–Crippen MR) is 182 cm³/mol. The smallest absolute Gasteiger partial charge is 0.161 e. The first-order chi connectivity index (χ1) is 21.8. The van der Waals surface area contributed by atoms with Crippen LogP contribution < -0.4 is 24.3 Å². The Balaban J connectivity index is 0.000000379. The molecule has 1 atom stereocenters. The van der Waals surface area contributed by atoms with Gasteiger partial charge in [-0.15, -0.1) is 0 Å². The Kier molecular flexibility index (Phi) is 14.0. The van der Waals surface area contributed by atoms with Gasteiger partial charge in [0.2, 0.25) is 0 Å². The second-order valence-corrected chi connectivity index (χ2v) is 11.6. The minimum absolute atomic E-state index is 0.165. The van der Waals surface area contributed by atoms with E-state index in [4.69, 9.17) is 18.9 Å². The quantitative estimate of drug-likeness (QED) is 0.214. The maximum atomic E-state index is 10.2. The highest BCUT2D eigenvalue weighted by atomic mass is 16.5. The lowest BCUT2D eigenvalue weighted by Crippen LogP contribution is -2.32. The van der Waals surface area contributed by atoms with Crippen molar-refractivity contribution in [3.05, 3.63) is 83.4 Å². The van der Waals surface area contributed by atoms with Crippen LogP contribution in [0, 0.1) is 17.2 Å². The summed E-state index contributed by atoms with van der Waals surface area (Å²) in [6, 6.07) is 24.9. The first-order valence-electron chi connectivity index (χ1n) is 15.6. The van der Waals surface area contributed by atoms with E-state index >= 15 is 0 Å². The van der Waals surface area contributed by atoms with E-state index in [1.165, 1.54) is 11.1 Å². The number of aliphatic imine (C=N–C) groups is 1. The van der Waals surface area contributed by atoms with Crippen molar-refractivity contribution >= 4 is 5.84 Å². The summed E-state index contributed by atoms with van der Waals surface area (Å²) < 4.78 is 21.6. The van der Waals surface area contributed by atoms with Crippen LogP contribution in [0.2, 0.25) is 0 Å². The molecule has 0 spiro atoms. The van der Waals surface area contributed by atoms with Gasteiger partial charge in [0.1, 0.15) is 5.84 Å². The van der Waals surface area contributed by atoms with Crippen LogP contribution in [0.5, 0.6) is 23.0 Å². The summed E-state index contributed by atoms with van der Waals surface area (Å²) in [6.45, 7) is 8.00. The number of likely N-dealkylation sites (N-methyl/N-ethyl adjacent to an activating group) is 1. The molecule has 0 radical (unpaired) electrons. The molecule has 0 fully saturated rings. The number of methoxy groups -OCH3 is 4. The molecule has 8 nitrogen and oxygen atoms in total. The zero-order valence-electron chi connectivity index (χ0n) is 28.1. The second-order valence-electron chi connectivity index (χ2n) is 11.6. The van der Waals surface area contributed by atoms with E-state index in [-0.39, 0.29) is 5.92 Å². The van der Waals surface area contributed by atoms with E-state index < -0.39 is 5.41 Å². The molecule has 8 heteroatoms. The lowest BCUT2D eigenvalue weighted by Gasteiger charge is -2.32. The highest BCUT2D eigenvalue weighted by Gasteiger charge is 2.36. The molecule has 1 aliphatic rings. The van der Waals surface area contributed by atoms with Gasteiger partial charge < -0.3 is 29.2 Å². The fourth-order valence-corrected chi connectivity index (χ4v) is 5.58. The summed E-state index contributed by atoms with van der Waals surface area (Å²) >= 11 is 0. The molecule has 0 bridgehead atoms. The highest BCUT2D eigenvalue weighted by Crippen LogP contribution is 2.40. The molecule has 0 aliphatic carbocycles. The zero-order valence-corrected chi connectivity index (χ0v) is 28.1. The molecule has 1 N–H and O–H groups in total. The maximum Gasteiger partial charge on any atom is 0.161 e. The average molecular weight is 615 g/mol. The van der Waals surface area contributed by atoms with Gasteiger partial charge in [0.05, 0.1) is 46.5 Å². The molecule has 0 aromatic heterocycles. The predicted octanol–water partition coefficient (Wildman–Crippen LogP) is 6.32. The Morgan fingerprint density at radius 2 is 1.49 bits per heavy atom. The van der Waals surface area contributed by atoms with Crippen molar-refractivity contribution < 1.29 is 18.9 Å². The number of hydrogen-bond acceptors (Lipinski definition) is 8. The van der Waals surface area contributed by atoms with Crippen LogP contribution in [0.3, 0.4) is 0 Å². The zero-order chi connectivity index (χ0) is 32.7. The standard InChI is InChI=1S/C27H38N2O4.C10H12N2/c1-20(2)27(19-28,22-10-12-24(31-5)26(18-22)33-7)14-8-15-29(3)16-13-21-9-11-23(30-4)25(17-21)32-6;1-2-4-9(5-3-1)8-10-11-6-7-12-10/h9-12,17-18,20H,8,13-16H2,1-7H3;1-5H,6-8H2,(H,11,12). The van der Waals surface area contributed by atoms with Gasteiger partial charge in [0.15, 0.2) is 23.0 Å². The van der Waals surface area contributed by atoms with Crippen molar-refractivity contribution in [1.82, 2.24) is 10.2 Å². The normalized spacial score (nSPS) is 13.6. The molecule has 3 aromatic rings. The Morgan fingerprint density at radius 3 is 2.07 bits per heavy atom. The highest BCUT2D eigenvalue weighted by molar-refractivity contribution is 5.85. The number of ether oxygens (including phenoxy) is 4. The Morgan fingerprint density at radius 1 is 0.844 bits per heavy atom. The SMILES string of the molecule is COc1ccc(CCN(C)CCCC(C#N)(c2ccc(OC)c(OC)c2)C(C)C)cc1OC.c1ccc(CC2=NCCN2)cc1. The second kappa shape index (κ2) is 17.9. The molecule has 3 aromatic carbocycles. The number of rotatable bonds is 15. The largest absolute Gasteiger partial charge is 0.493 e. The van der Waals surface area contributed by atoms with Crippen molar-refractivity contribution in [2.75, 3.05) is 61.7 Å². The molecule has 1 heterocycles. The Bertz CT molecular complexity index is 1400. The van der Waals surface area contributed by atoms with Gasteiger partial charge in [-0.2, -0.15) is 5.26 Å². The number of hydrogen-bond donors (Lipinski definition) is 1. The lowest BCUT2D eigenvalue weighted by atomic mass is 9.69. The fourth-order valence-electron chi connectivity index (χ4n) is 5.58. The van der Waals surface area contributed by atoms with Gasteiger partial charge in [-0.3, -0.25) is 4.99 Å². The summed E-state index contributed by atoms with van der Waals surface area (Å²) in [5.41, 5.74) is 2.93. The van der Waals surface area contributed by atoms with Gasteiger partial charge in [0, 0.05) is 19.5 Å². The minimum Gasteiger partial charge on any atom is -0.493 e. The van der Waals surface area contributed by atoms with Gasteiger partial charge >= 0.3 is 0 Å². The number of nitriles is 1. The summed E-state index contributed by atoms with van der Waals surface area (Å²) in [7, 11) is 8.67. The topological polar surface area (TPSA) is 88.3 Å². The number of nitrogens with zero attached hydrogens (tertiary/aromatic N) is 3. The van der Waals surface area contributed by atoms with Gasteiger partial charge in [-0.05, 0) is 79.7 Å². The van der Waals surface area contributed by atoms with Gasteiger partial charge in [-0.1, -0.05) is 56.3 Å². The first-order valence-corrected chi connectivity index (χ1v) is 15.6. The molecule has 45 heavy (non-hydrogen) atoms. The number of benzene rings is 3. The molecule has 0 saturated carbocycles. The molecule has 1 unspecified atom stereocenters. The van der Waals surface area contributed by atoms with Crippen molar-refractivity contribution in [3.8, 4) is 29.1 Å².